The van der Waals surface area contributed by atoms with Crippen LogP contribution >= 0.6 is 0 Å². The Hall–Kier alpha value is -2.04. The molecule has 22 heavy (non-hydrogen) atoms. The van der Waals surface area contributed by atoms with E-state index in [1.807, 2.05) is 0 Å². The van der Waals surface area contributed by atoms with Gasteiger partial charge in [-0.3, -0.25) is 0 Å². The smallest absolute Gasteiger partial charge is 0.378 e. The lowest BCUT2D eigenvalue weighted by molar-refractivity contribution is 0.0815. The van der Waals surface area contributed by atoms with Crippen LogP contribution in [0.5, 0.6) is 5.75 Å². The number of unbranched alkanes of at least 4 members (excludes halogenated alkanes) is 1. The molecule has 4 rings (SSSR count). The van der Waals surface area contributed by atoms with Crippen molar-refractivity contribution in [1.82, 2.24) is 4.40 Å². The van der Waals surface area contributed by atoms with Crippen molar-refractivity contribution < 1.29 is 14.5 Å². The molecule has 0 radical (unpaired) electrons. The van der Waals surface area contributed by atoms with Crippen molar-refractivity contribution in [2.75, 3.05) is 0 Å². The molecule has 2 aromatic heterocycles. The van der Waals surface area contributed by atoms with Crippen LogP contribution in [0.4, 0.5) is 0 Å². The first-order valence-corrected chi connectivity index (χ1v) is 7.78. The molecule has 0 saturated carbocycles. The summed E-state index contributed by atoms with van der Waals surface area (Å²) in [5.74, 6) is -0.132. The van der Waals surface area contributed by atoms with Crippen LogP contribution in [0.3, 0.4) is 0 Å². The highest BCUT2D eigenvalue weighted by atomic mass is 17.4. The zero-order valence-corrected chi connectivity index (χ0v) is 12.8. The molecule has 0 spiro atoms. The van der Waals surface area contributed by atoms with Crippen molar-refractivity contribution in [2.45, 2.75) is 39.1 Å². The second-order valence-electron chi connectivity index (χ2n) is 5.85. The first-order chi connectivity index (χ1) is 10.7. The highest BCUT2D eigenvalue weighted by Gasteiger charge is 2.47. The zero-order valence-electron chi connectivity index (χ0n) is 12.8. The number of nitrogens with zero attached hydrogens (tertiary/aromatic N) is 1. The molecule has 4 heteroatoms. The number of pyridine rings is 1. The molecule has 1 fully saturated rings. The molecule has 1 aromatic carbocycles. The van der Waals surface area contributed by atoms with Gasteiger partial charge < -0.3 is 9.14 Å². The van der Waals surface area contributed by atoms with Crippen LogP contribution < -0.4 is 4.74 Å². The maximum absolute atomic E-state index is 5.87. The SMILES string of the molecule is CCCCc1cc(OC2(C)OO2)c2ccc3ccccc3n12. The van der Waals surface area contributed by atoms with Gasteiger partial charge in [0.2, 0.25) is 0 Å². The Labute approximate surface area is 129 Å². The topological polar surface area (TPSA) is 38.7 Å². The Balaban J connectivity index is 1.91. The summed E-state index contributed by atoms with van der Waals surface area (Å²) in [6, 6.07) is 14.7. The van der Waals surface area contributed by atoms with Gasteiger partial charge in [-0.1, -0.05) is 37.6 Å². The van der Waals surface area contributed by atoms with Gasteiger partial charge in [0.1, 0.15) is 0 Å². The normalized spacial score (nSPS) is 16.3. The van der Waals surface area contributed by atoms with Crippen molar-refractivity contribution in [1.29, 1.82) is 0 Å². The van der Waals surface area contributed by atoms with E-state index in [2.05, 4.69) is 53.8 Å². The molecule has 114 valence electrons. The molecule has 0 atom stereocenters. The highest BCUT2D eigenvalue weighted by molar-refractivity contribution is 5.85. The van der Waals surface area contributed by atoms with Gasteiger partial charge in [-0.15, -0.1) is 0 Å². The van der Waals surface area contributed by atoms with E-state index >= 15 is 0 Å². The number of hydrogen-bond acceptors (Lipinski definition) is 3. The van der Waals surface area contributed by atoms with Crippen molar-refractivity contribution in [3.63, 3.8) is 0 Å². The minimum Gasteiger partial charge on any atom is -0.434 e. The van der Waals surface area contributed by atoms with Crippen molar-refractivity contribution >= 4 is 16.4 Å². The van der Waals surface area contributed by atoms with Crippen LogP contribution in [0.25, 0.3) is 16.4 Å². The molecule has 4 nitrogen and oxygen atoms in total. The van der Waals surface area contributed by atoms with Gasteiger partial charge in [0.05, 0.1) is 11.0 Å². The van der Waals surface area contributed by atoms with E-state index in [0.717, 1.165) is 30.5 Å². The van der Waals surface area contributed by atoms with Gasteiger partial charge in [-0.25, -0.2) is 0 Å². The lowest BCUT2D eigenvalue weighted by atomic mass is 10.2. The fourth-order valence-corrected chi connectivity index (χ4v) is 2.91. The molecule has 3 aromatic rings. The summed E-state index contributed by atoms with van der Waals surface area (Å²) < 4.78 is 8.15. The van der Waals surface area contributed by atoms with E-state index < -0.39 is 5.97 Å². The largest absolute Gasteiger partial charge is 0.434 e. The molecule has 0 unspecified atom stereocenters. The molecule has 0 amide bonds. The second kappa shape index (κ2) is 5.00. The first kappa shape index (κ1) is 13.6. The van der Waals surface area contributed by atoms with Gasteiger partial charge in [-0.2, -0.15) is 9.78 Å². The molecule has 3 heterocycles. The molecule has 1 saturated heterocycles. The number of benzene rings is 1. The van der Waals surface area contributed by atoms with Gasteiger partial charge >= 0.3 is 5.97 Å². The monoisotopic (exact) mass is 297 g/mol. The first-order valence-electron chi connectivity index (χ1n) is 7.78. The van der Waals surface area contributed by atoms with Crippen LogP contribution in [0.1, 0.15) is 32.4 Å². The van der Waals surface area contributed by atoms with E-state index in [1.54, 1.807) is 6.92 Å². The number of fused-ring (bicyclic) bond motifs is 3. The maximum Gasteiger partial charge on any atom is 0.378 e. The van der Waals surface area contributed by atoms with Gasteiger partial charge in [-0.05, 0) is 30.4 Å². The van der Waals surface area contributed by atoms with Crippen molar-refractivity contribution in [2.24, 2.45) is 0 Å². The molecule has 0 N–H and O–H groups in total. The number of para-hydroxylation sites is 1. The Morgan fingerprint density at radius 3 is 2.68 bits per heavy atom. The van der Waals surface area contributed by atoms with E-state index in [0.29, 0.717) is 0 Å². The Morgan fingerprint density at radius 1 is 1.09 bits per heavy atom. The Bertz CT molecular complexity index is 833. The van der Waals surface area contributed by atoms with Gasteiger partial charge in [0, 0.05) is 18.7 Å². The average Bonchev–Trinajstić information content (AvgIpc) is 3.16. The predicted octanol–water partition coefficient (Wildman–Crippen LogP) is 4.45. The number of ether oxygens (including phenoxy) is 1. The molecule has 1 aliphatic rings. The molecule has 1 aliphatic heterocycles. The molecular weight excluding hydrogens is 278 g/mol. The van der Waals surface area contributed by atoms with Crippen LogP contribution in [0, 0.1) is 0 Å². The van der Waals surface area contributed by atoms with Gasteiger partial charge in [0.25, 0.3) is 0 Å². The summed E-state index contributed by atoms with van der Waals surface area (Å²) >= 11 is 0. The lowest BCUT2D eigenvalue weighted by Gasteiger charge is -2.08. The number of rotatable bonds is 5. The van der Waals surface area contributed by atoms with Gasteiger partial charge in [0.15, 0.2) is 5.75 Å². The van der Waals surface area contributed by atoms with Crippen LogP contribution in [-0.4, -0.2) is 10.4 Å². The van der Waals surface area contributed by atoms with Crippen LogP contribution in [-0.2, 0) is 16.2 Å². The maximum atomic E-state index is 5.87. The number of hydrogen-bond donors (Lipinski definition) is 0. The lowest BCUT2D eigenvalue weighted by Crippen LogP contribution is -2.13. The van der Waals surface area contributed by atoms with E-state index in [4.69, 9.17) is 14.5 Å². The third kappa shape index (κ3) is 2.25. The third-order valence-corrected chi connectivity index (χ3v) is 4.08. The average molecular weight is 297 g/mol. The quantitative estimate of drug-likeness (QED) is 0.516. The van der Waals surface area contributed by atoms with Crippen LogP contribution in [0.15, 0.2) is 42.5 Å². The summed E-state index contributed by atoms with van der Waals surface area (Å²) in [5.41, 5.74) is 3.50. The Morgan fingerprint density at radius 2 is 1.91 bits per heavy atom. The third-order valence-electron chi connectivity index (χ3n) is 4.08. The summed E-state index contributed by atoms with van der Waals surface area (Å²) in [6.45, 7) is 3.97. The zero-order chi connectivity index (χ0) is 15.2. The standard InChI is InChI=1S/C18H19NO3/c1-3-4-8-14-12-17(20-18(2)21-22-18)16-11-10-13-7-5-6-9-15(13)19(14)16/h5-7,9-12H,3-4,8H2,1-2H3. The fraction of sp³-hybridized carbons (Fsp3) is 0.333. The number of aryl methyl sites for hydroxylation is 1. The molecule has 0 bridgehead atoms. The fourth-order valence-electron chi connectivity index (χ4n) is 2.91. The van der Waals surface area contributed by atoms with E-state index in [1.165, 1.54) is 16.6 Å². The van der Waals surface area contributed by atoms with E-state index in [9.17, 15) is 0 Å². The summed E-state index contributed by atoms with van der Waals surface area (Å²) in [4.78, 5) is 9.79. The number of aromatic nitrogens is 1. The van der Waals surface area contributed by atoms with Crippen molar-refractivity contribution in [3.05, 3.63) is 48.2 Å². The summed E-state index contributed by atoms with van der Waals surface area (Å²) in [6.07, 6.45) is 3.34. The second-order valence-corrected chi connectivity index (χ2v) is 5.85. The Kier molecular flexibility index (Phi) is 3.10. The highest BCUT2D eigenvalue weighted by Crippen LogP contribution is 2.37. The minimum atomic E-state index is -0.935. The minimum absolute atomic E-state index is 0.803. The molecular formula is C18H19NO3. The summed E-state index contributed by atoms with van der Waals surface area (Å²) in [5, 5.41) is 1.22. The van der Waals surface area contributed by atoms with Crippen molar-refractivity contribution in [3.8, 4) is 5.75 Å². The summed E-state index contributed by atoms with van der Waals surface area (Å²) in [7, 11) is 0. The van der Waals surface area contributed by atoms with Crippen LogP contribution in [0.2, 0.25) is 0 Å². The molecule has 0 aliphatic carbocycles. The predicted molar refractivity (Wildman–Crippen MR) is 84.7 cm³/mol. The van der Waals surface area contributed by atoms with E-state index in [-0.39, 0.29) is 0 Å².